The van der Waals surface area contributed by atoms with Crippen LogP contribution in [0.15, 0.2) is 12.4 Å². The Morgan fingerprint density at radius 2 is 2.38 bits per heavy atom. The Kier molecular flexibility index (Phi) is 4.50. The molecule has 1 amide bonds. The summed E-state index contributed by atoms with van der Waals surface area (Å²) in [6, 6.07) is 1.61. The van der Waals surface area contributed by atoms with E-state index in [1.54, 1.807) is 6.07 Å². The third kappa shape index (κ3) is 4.12. The minimum absolute atomic E-state index is 0.0677. The number of nitrogens with zero attached hydrogens (tertiary/aromatic N) is 2. The Balaban J connectivity index is 2.59. The van der Waals surface area contributed by atoms with Crippen LogP contribution in [-0.2, 0) is 4.79 Å². The summed E-state index contributed by atoms with van der Waals surface area (Å²) in [5.41, 5.74) is 5.09. The molecule has 1 aromatic rings. The largest absolute Gasteiger partial charge is 0.478 e. The van der Waals surface area contributed by atoms with Crippen LogP contribution in [0.5, 0.6) is 5.88 Å². The SMILES string of the molecule is CCOc1cc(NC(C)CC(N)=O)ncn1. The van der Waals surface area contributed by atoms with E-state index in [1.165, 1.54) is 6.33 Å². The quantitative estimate of drug-likeness (QED) is 0.736. The van der Waals surface area contributed by atoms with Gasteiger partial charge in [-0.2, -0.15) is 0 Å². The summed E-state index contributed by atoms with van der Waals surface area (Å²) >= 11 is 0. The summed E-state index contributed by atoms with van der Waals surface area (Å²) in [6.07, 6.45) is 1.66. The van der Waals surface area contributed by atoms with Crippen LogP contribution < -0.4 is 15.8 Å². The molecule has 0 aromatic carbocycles. The molecule has 88 valence electrons. The Morgan fingerprint density at radius 1 is 1.62 bits per heavy atom. The van der Waals surface area contributed by atoms with Crippen molar-refractivity contribution in [3.63, 3.8) is 0 Å². The molecule has 0 fully saturated rings. The van der Waals surface area contributed by atoms with Crippen molar-refractivity contribution in [3.05, 3.63) is 12.4 Å². The van der Waals surface area contributed by atoms with Gasteiger partial charge in [-0.15, -0.1) is 0 Å². The smallest absolute Gasteiger partial charge is 0.219 e. The molecule has 1 atom stereocenters. The maximum atomic E-state index is 10.7. The fraction of sp³-hybridized carbons (Fsp3) is 0.500. The van der Waals surface area contributed by atoms with Crippen LogP contribution >= 0.6 is 0 Å². The van der Waals surface area contributed by atoms with Gasteiger partial charge >= 0.3 is 0 Å². The number of ether oxygens (including phenoxy) is 1. The van der Waals surface area contributed by atoms with Crippen molar-refractivity contribution in [1.29, 1.82) is 0 Å². The number of aromatic nitrogens is 2. The zero-order chi connectivity index (χ0) is 12.0. The second-order valence-electron chi connectivity index (χ2n) is 3.39. The summed E-state index contributed by atoms with van der Waals surface area (Å²) in [7, 11) is 0. The maximum Gasteiger partial charge on any atom is 0.219 e. The first-order valence-corrected chi connectivity index (χ1v) is 5.11. The lowest BCUT2D eigenvalue weighted by molar-refractivity contribution is -0.118. The zero-order valence-electron chi connectivity index (χ0n) is 9.43. The lowest BCUT2D eigenvalue weighted by atomic mass is 10.2. The molecule has 16 heavy (non-hydrogen) atoms. The molecule has 6 nitrogen and oxygen atoms in total. The molecule has 6 heteroatoms. The second kappa shape index (κ2) is 5.89. The van der Waals surface area contributed by atoms with Crippen molar-refractivity contribution in [1.82, 2.24) is 9.97 Å². The molecule has 0 spiro atoms. The van der Waals surface area contributed by atoms with Gasteiger partial charge in [-0.1, -0.05) is 0 Å². The van der Waals surface area contributed by atoms with E-state index in [0.717, 1.165) is 0 Å². The molecule has 0 bridgehead atoms. The molecule has 1 rings (SSSR count). The normalized spacial score (nSPS) is 11.9. The predicted octanol–water partition coefficient (Wildman–Crippen LogP) is 0.551. The fourth-order valence-corrected chi connectivity index (χ4v) is 1.25. The molecule has 1 aromatic heterocycles. The van der Waals surface area contributed by atoms with Crippen LogP contribution in [0.4, 0.5) is 5.82 Å². The number of nitrogens with one attached hydrogen (secondary N) is 1. The predicted molar refractivity (Wildman–Crippen MR) is 60.1 cm³/mol. The Morgan fingerprint density at radius 3 is 3.00 bits per heavy atom. The van der Waals surface area contributed by atoms with Crippen molar-refractivity contribution in [2.45, 2.75) is 26.3 Å². The first-order valence-electron chi connectivity index (χ1n) is 5.11. The van der Waals surface area contributed by atoms with Gasteiger partial charge in [-0.05, 0) is 13.8 Å². The Labute approximate surface area is 94.2 Å². The van der Waals surface area contributed by atoms with E-state index < -0.39 is 0 Å². The highest BCUT2D eigenvalue weighted by atomic mass is 16.5. The van der Waals surface area contributed by atoms with Crippen LogP contribution in [0.1, 0.15) is 20.3 Å². The monoisotopic (exact) mass is 224 g/mol. The van der Waals surface area contributed by atoms with Crippen LogP contribution in [0.25, 0.3) is 0 Å². The molecule has 0 aliphatic heterocycles. The number of hydrogen-bond acceptors (Lipinski definition) is 5. The highest BCUT2D eigenvalue weighted by molar-refractivity contribution is 5.74. The number of anilines is 1. The van der Waals surface area contributed by atoms with E-state index >= 15 is 0 Å². The molecule has 0 aliphatic rings. The van der Waals surface area contributed by atoms with Crippen molar-refractivity contribution in [3.8, 4) is 5.88 Å². The zero-order valence-corrected chi connectivity index (χ0v) is 9.43. The standard InChI is InChI=1S/C10H16N4O2/c1-3-16-10-5-9(12-6-13-10)14-7(2)4-8(11)15/h5-7H,3-4H2,1-2H3,(H2,11,15)(H,12,13,14). The Hall–Kier alpha value is -1.85. The first-order chi connectivity index (χ1) is 7.61. The van der Waals surface area contributed by atoms with Crippen LogP contribution in [-0.4, -0.2) is 28.5 Å². The summed E-state index contributed by atoms with van der Waals surface area (Å²) in [5, 5.41) is 3.04. The maximum absolute atomic E-state index is 10.7. The summed E-state index contributed by atoms with van der Waals surface area (Å²) in [5.74, 6) is 0.776. The molecule has 1 unspecified atom stereocenters. The summed E-state index contributed by atoms with van der Waals surface area (Å²) in [6.45, 7) is 4.28. The molecule has 0 radical (unpaired) electrons. The number of amides is 1. The highest BCUT2D eigenvalue weighted by Crippen LogP contribution is 2.12. The van der Waals surface area contributed by atoms with Crippen LogP contribution in [0.3, 0.4) is 0 Å². The summed E-state index contributed by atoms with van der Waals surface area (Å²) in [4.78, 5) is 18.6. The van der Waals surface area contributed by atoms with E-state index in [2.05, 4.69) is 15.3 Å². The molecule has 0 aliphatic carbocycles. The average molecular weight is 224 g/mol. The van der Waals surface area contributed by atoms with E-state index in [4.69, 9.17) is 10.5 Å². The van der Waals surface area contributed by atoms with Gasteiger partial charge in [0, 0.05) is 18.5 Å². The number of nitrogens with two attached hydrogens (primary N) is 1. The van der Waals surface area contributed by atoms with Crippen molar-refractivity contribution in [2.24, 2.45) is 5.73 Å². The van der Waals surface area contributed by atoms with Gasteiger partial charge in [0.25, 0.3) is 0 Å². The lowest BCUT2D eigenvalue weighted by Crippen LogP contribution is -2.24. The molecule has 0 saturated carbocycles. The van der Waals surface area contributed by atoms with Gasteiger partial charge in [0.2, 0.25) is 11.8 Å². The van der Waals surface area contributed by atoms with Crippen LogP contribution in [0, 0.1) is 0 Å². The average Bonchev–Trinajstić information content (AvgIpc) is 2.17. The molecule has 3 N–H and O–H groups in total. The minimum Gasteiger partial charge on any atom is -0.478 e. The van der Waals surface area contributed by atoms with Crippen LogP contribution in [0.2, 0.25) is 0 Å². The second-order valence-corrected chi connectivity index (χ2v) is 3.39. The number of rotatable bonds is 6. The van der Waals surface area contributed by atoms with Crippen molar-refractivity contribution < 1.29 is 9.53 Å². The Bertz CT molecular complexity index is 356. The first kappa shape index (κ1) is 12.2. The van der Waals surface area contributed by atoms with Gasteiger partial charge in [0.15, 0.2) is 0 Å². The number of carbonyl (C=O) groups is 1. The minimum atomic E-state index is -0.348. The van der Waals surface area contributed by atoms with Crippen molar-refractivity contribution >= 4 is 11.7 Å². The van der Waals surface area contributed by atoms with Gasteiger partial charge < -0.3 is 15.8 Å². The van der Waals surface area contributed by atoms with Gasteiger partial charge in [-0.25, -0.2) is 9.97 Å². The fourth-order valence-electron chi connectivity index (χ4n) is 1.25. The summed E-state index contributed by atoms with van der Waals surface area (Å²) < 4.78 is 5.23. The van der Waals surface area contributed by atoms with E-state index in [9.17, 15) is 4.79 Å². The molecular formula is C10H16N4O2. The van der Waals surface area contributed by atoms with Gasteiger partial charge in [0.1, 0.15) is 12.1 Å². The lowest BCUT2D eigenvalue weighted by Gasteiger charge is -2.12. The molecular weight excluding hydrogens is 208 g/mol. The van der Waals surface area contributed by atoms with Gasteiger partial charge in [-0.3, -0.25) is 4.79 Å². The highest BCUT2D eigenvalue weighted by Gasteiger charge is 2.07. The topological polar surface area (TPSA) is 90.1 Å². The molecule has 0 saturated heterocycles. The number of carbonyl (C=O) groups excluding carboxylic acids is 1. The van der Waals surface area contributed by atoms with E-state index in [-0.39, 0.29) is 18.4 Å². The third-order valence-electron chi connectivity index (χ3n) is 1.84. The molecule has 1 heterocycles. The van der Waals surface area contributed by atoms with Crippen molar-refractivity contribution in [2.75, 3.05) is 11.9 Å². The number of primary amides is 1. The number of hydrogen-bond donors (Lipinski definition) is 2. The third-order valence-corrected chi connectivity index (χ3v) is 1.84. The van der Waals surface area contributed by atoms with E-state index in [0.29, 0.717) is 18.3 Å². The van der Waals surface area contributed by atoms with E-state index in [1.807, 2.05) is 13.8 Å². The van der Waals surface area contributed by atoms with Gasteiger partial charge in [0.05, 0.1) is 6.61 Å².